The summed E-state index contributed by atoms with van der Waals surface area (Å²) in [6.45, 7) is 2.62. The standard InChI is InChI=1S/C19H24N2O3/c22-11-8-15-7-10-21(14-15)19(23)20-9-12-24-18-6-5-16-3-1-2-4-17(16)13-18/h1-6,13,15,22H,7-12,14H2,(H,20,23)/t15-/m0/s1. The van der Waals surface area contributed by atoms with Crippen LogP contribution < -0.4 is 10.1 Å². The third kappa shape index (κ3) is 4.17. The summed E-state index contributed by atoms with van der Waals surface area (Å²) in [5.41, 5.74) is 0. The lowest BCUT2D eigenvalue weighted by molar-refractivity contribution is 0.201. The van der Waals surface area contributed by atoms with Crippen LogP contribution in [-0.2, 0) is 0 Å². The Morgan fingerprint density at radius 2 is 2.08 bits per heavy atom. The molecule has 2 aromatic rings. The SMILES string of the molecule is O=C(NCCOc1ccc2ccccc2c1)N1CC[C@@H](CCO)C1. The van der Waals surface area contributed by atoms with E-state index in [0.29, 0.717) is 19.1 Å². The molecule has 24 heavy (non-hydrogen) atoms. The minimum absolute atomic E-state index is 0.0439. The van der Waals surface area contributed by atoms with E-state index in [2.05, 4.69) is 17.4 Å². The van der Waals surface area contributed by atoms with E-state index in [1.54, 1.807) is 0 Å². The molecule has 5 heteroatoms. The Kier molecular flexibility index (Phi) is 5.54. The number of urea groups is 1. The quantitative estimate of drug-likeness (QED) is 0.801. The first-order valence-electron chi connectivity index (χ1n) is 8.51. The molecule has 0 spiro atoms. The molecule has 2 aromatic carbocycles. The second kappa shape index (κ2) is 8.02. The first-order valence-corrected chi connectivity index (χ1v) is 8.51. The number of benzene rings is 2. The molecule has 1 heterocycles. The summed E-state index contributed by atoms with van der Waals surface area (Å²) in [4.78, 5) is 13.9. The van der Waals surface area contributed by atoms with Gasteiger partial charge in [0, 0.05) is 19.7 Å². The minimum Gasteiger partial charge on any atom is -0.492 e. The predicted octanol–water partition coefficient (Wildman–Crippen LogP) is 2.63. The summed E-state index contributed by atoms with van der Waals surface area (Å²) >= 11 is 0. The lowest BCUT2D eigenvalue weighted by Gasteiger charge is -2.17. The number of amides is 2. The van der Waals surface area contributed by atoms with Crippen LogP contribution in [0.15, 0.2) is 42.5 Å². The molecule has 0 bridgehead atoms. The molecule has 0 saturated carbocycles. The summed E-state index contributed by atoms with van der Waals surface area (Å²) in [7, 11) is 0. The number of hydrogen-bond acceptors (Lipinski definition) is 3. The zero-order valence-electron chi connectivity index (χ0n) is 13.8. The number of nitrogens with one attached hydrogen (secondary N) is 1. The summed E-state index contributed by atoms with van der Waals surface area (Å²) in [5.74, 6) is 1.24. The fourth-order valence-corrected chi connectivity index (χ4v) is 3.13. The van der Waals surface area contributed by atoms with E-state index in [9.17, 15) is 4.79 Å². The molecule has 1 saturated heterocycles. The van der Waals surface area contributed by atoms with Crippen molar-refractivity contribution in [3.63, 3.8) is 0 Å². The predicted molar refractivity (Wildman–Crippen MR) is 94.2 cm³/mol. The summed E-state index contributed by atoms with van der Waals surface area (Å²) in [5, 5.41) is 14.2. The fraction of sp³-hybridized carbons (Fsp3) is 0.421. The average molecular weight is 328 g/mol. The van der Waals surface area contributed by atoms with Crippen molar-refractivity contribution in [2.24, 2.45) is 5.92 Å². The van der Waals surface area contributed by atoms with Gasteiger partial charge < -0.3 is 20.1 Å². The van der Waals surface area contributed by atoms with Gasteiger partial charge >= 0.3 is 6.03 Å². The van der Waals surface area contributed by atoms with Crippen LogP contribution in [-0.4, -0.2) is 48.9 Å². The Hall–Kier alpha value is -2.27. The van der Waals surface area contributed by atoms with Gasteiger partial charge in [0.2, 0.25) is 0 Å². The zero-order valence-corrected chi connectivity index (χ0v) is 13.8. The second-order valence-corrected chi connectivity index (χ2v) is 6.20. The number of carbonyl (C=O) groups is 1. The lowest BCUT2D eigenvalue weighted by Crippen LogP contribution is -2.40. The van der Waals surface area contributed by atoms with Gasteiger partial charge in [-0.25, -0.2) is 4.79 Å². The van der Waals surface area contributed by atoms with Crippen molar-refractivity contribution in [2.45, 2.75) is 12.8 Å². The molecule has 1 aliphatic heterocycles. The minimum atomic E-state index is -0.0439. The number of aliphatic hydroxyl groups excluding tert-OH is 1. The van der Waals surface area contributed by atoms with Crippen LogP contribution in [0, 0.1) is 5.92 Å². The van der Waals surface area contributed by atoms with Crippen molar-refractivity contribution in [3.05, 3.63) is 42.5 Å². The van der Waals surface area contributed by atoms with E-state index in [-0.39, 0.29) is 12.6 Å². The highest BCUT2D eigenvalue weighted by Gasteiger charge is 2.25. The molecule has 5 nitrogen and oxygen atoms in total. The van der Waals surface area contributed by atoms with Crippen molar-refractivity contribution in [2.75, 3.05) is 32.8 Å². The highest BCUT2D eigenvalue weighted by atomic mass is 16.5. The Labute approximate surface area is 142 Å². The highest BCUT2D eigenvalue weighted by Crippen LogP contribution is 2.20. The van der Waals surface area contributed by atoms with Crippen molar-refractivity contribution in [1.82, 2.24) is 10.2 Å². The number of rotatable bonds is 6. The topological polar surface area (TPSA) is 61.8 Å². The maximum Gasteiger partial charge on any atom is 0.317 e. The van der Waals surface area contributed by atoms with E-state index < -0.39 is 0 Å². The van der Waals surface area contributed by atoms with Crippen LogP contribution >= 0.6 is 0 Å². The van der Waals surface area contributed by atoms with Gasteiger partial charge in [-0.05, 0) is 41.7 Å². The monoisotopic (exact) mass is 328 g/mol. The van der Waals surface area contributed by atoms with Crippen LogP contribution in [0.5, 0.6) is 5.75 Å². The molecule has 2 amide bonds. The third-order valence-electron chi connectivity index (χ3n) is 4.48. The molecule has 0 aromatic heterocycles. The van der Waals surface area contributed by atoms with Crippen molar-refractivity contribution >= 4 is 16.8 Å². The Morgan fingerprint density at radius 3 is 2.92 bits per heavy atom. The second-order valence-electron chi connectivity index (χ2n) is 6.20. The fourth-order valence-electron chi connectivity index (χ4n) is 3.13. The van der Waals surface area contributed by atoms with E-state index in [1.807, 2.05) is 35.2 Å². The zero-order chi connectivity index (χ0) is 16.8. The van der Waals surface area contributed by atoms with Crippen LogP contribution in [0.4, 0.5) is 4.79 Å². The van der Waals surface area contributed by atoms with Gasteiger partial charge in [-0.1, -0.05) is 30.3 Å². The van der Waals surface area contributed by atoms with E-state index in [1.165, 1.54) is 5.39 Å². The smallest absolute Gasteiger partial charge is 0.317 e. The molecule has 0 radical (unpaired) electrons. The Balaban J connectivity index is 1.41. The molecule has 1 fully saturated rings. The first-order chi connectivity index (χ1) is 11.8. The Bertz CT molecular complexity index is 689. The van der Waals surface area contributed by atoms with Crippen LogP contribution in [0.2, 0.25) is 0 Å². The van der Waals surface area contributed by atoms with Crippen LogP contribution in [0.25, 0.3) is 10.8 Å². The van der Waals surface area contributed by atoms with Gasteiger partial charge in [-0.3, -0.25) is 0 Å². The molecule has 128 valence electrons. The number of nitrogens with zero attached hydrogens (tertiary/aromatic N) is 1. The van der Waals surface area contributed by atoms with Crippen LogP contribution in [0.1, 0.15) is 12.8 Å². The number of likely N-dealkylation sites (tertiary alicyclic amines) is 1. The van der Waals surface area contributed by atoms with Gasteiger partial charge in [-0.15, -0.1) is 0 Å². The first kappa shape index (κ1) is 16.6. The van der Waals surface area contributed by atoms with E-state index in [0.717, 1.165) is 37.1 Å². The van der Waals surface area contributed by atoms with Crippen molar-refractivity contribution < 1.29 is 14.6 Å². The summed E-state index contributed by atoms with van der Waals surface area (Å²) in [6.07, 6.45) is 1.75. The number of hydrogen-bond donors (Lipinski definition) is 2. The number of ether oxygens (including phenoxy) is 1. The lowest BCUT2D eigenvalue weighted by atomic mass is 10.1. The van der Waals surface area contributed by atoms with Gasteiger partial charge in [0.25, 0.3) is 0 Å². The van der Waals surface area contributed by atoms with E-state index >= 15 is 0 Å². The maximum absolute atomic E-state index is 12.1. The van der Waals surface area contributed by atoms with Gasteiger partial charge in [0.15, 0.2) is 0 Å². The number of carbonyl (C=O) groups excluding carboxylic acids is 1. The van der Waals surface area contributed by atoms with Crippen molar-refractivity contribution in [1.29, 1.82) is 0 Å². The molecule has 3 rings (SSSR count). The molecular formula is C19H24N2O3. The Morgan fingerprint density at radius 1 is 1.25 bits per heavy atom. The van der Waals surface area contributed by atoms with E-state index in [4.69, 9.17) is 9.84 Å². The third-order valence-corrected chi connectivity index (χ3v) is 4.48. The van der Waals surface area contributed by atoms with Crippen molar-refractivity contribution in [3.8, 4) is 5.75 Å². The van der Waals surface area contributed by atoms with Crippen LogP contribution in [0.3, 0.4) is 0 Å². The summed E-state index contributed by atoms with van der Waals surface area (Å²) < 4.78 is 5.72. The number of fused-ring (bicyclic) bond motifs is 1. The number of aliphatic hydroxyl groups is 1. The van der Waals surface area contributed by atoms with Gasteiger partial charge in [0.1, 0.15) is 12.4 Å². The normalized spacial score (nSPS) is 17.2. The molecule has 1 aliphatic rings. The molecule has 1 atom stereocenters. The highest BCUT2D eigenvalue weighted by molar-refractivity contribution is 5.83. The maximum atomic E-state index is 12.1. The van der Waals surface area contributed by atoms with Gasteiger partial charge in [0.05, 0.1) is 6.54 Å². The molecule has 0 unspecified atom stereocenters. The molecular weight excluding hydrogens is 304 g/mol. The van der Waals surface area contributed by atoms with Gasteiger partial charge in [-0.2, -0.15) is 0 Å². The largest absolute Gasteiger partial charge is 0.492 e. The summed E-state index contributed by atoms with van der Waals surface area (Å²) in [6, 6.07) is 14.1. The average Bonchev–Trinajstić information content (AvgIpc) is 3.07. The molecule has 2 N–H and O–H groups in total. The molecule has 0 aliphatic carbocycles.